The largest absolute Gasteiger partial charge is 0.490 e. The fraction of sp³-hybridized carbons (Fsp3) is 0.250. The summed E-state index contributed by atoms with van der Waals surface area (Å²) >= 11 is 18.2. The van der Waals surface area contributed by atoms with E-state index in [-0.39, 0.29) is 0 Å². The zero-order valence-electron chi connectivity index (χ0n) is 12.0. The van der Waals surface area contributed by atoms with Crippen molar-refractivity contribution in [3.63, 3.8) is 0 Å². The van der Waals surface area contributed by atoms with Gasteiger partial charge in [-0.15, -0.1) is 0 Å². The normalized spacial score (nSPS) is 10.6. The fourth-order valence-electron chi connectivity index (χ4n) is 1.93. The van der Waals surface area contributed by atoms with E-state index in [0.29, 0.717) is 46.3 Å². The van der Waals surface area contributed by atoms with Gasteiger partial charge in [0.25, 0.3) is 0 Å². The number of nitrogens with two attached hydrogens (primary N) is 1. The summed E-state index contributed by atoms with van der Waals surface area (Å²) in [4.78, 5) is 0. The van der Waals surface area contributed by atoms with Crippen LogP contribution in [0.15, 0.2) is 30.3 Å². The lowest BCUT2D eigenvalue weighted by atomic mass is 10.2. The van der Waals surface area contributed by atoms with Gasteiger partial charge in [-0.3, -0.25) is 0 Å². The Balaban J connectivity index is 2.22. The molecule has 0 atom stereocenters. The lowest BCUT2D eigenvalue weighted by Crippen LogP contribution is -2.03. The minimum atomic E-state index is 0.304. The summed E-state index contributed by atoms with van der Waals surface area (Å²) in [5.74, 6) is 1.07. The molecule has 0 saturated carbocycles. The van der Waals surface area contributed by atoms with Crippen molar-refractivity contribution in [2.75, 3.05) is 6.61 Å². The lowest BCUT2D eigenvalue weighted by molar-refractivity contribution is 0.269. The van der Waals surface area contributed by atoms with E-state index in [1.807, 2.05) is 19.1 Å². The van der Waals surface area contributed by atoms with Crippen molar-refractivity contribution in [2.24, 2.45) is 5.73 Å². The summed E-state index contributed by atoms with van der Waals surface area (Å²) in [5.41, 5.74) is 7.42. The Morgan fingerprint density at radius 3 is 2.27 bits per heavy atom. The Hall–Kier alpha value is -1.13. The Labute approximate surface area is 144 Å². The quantitative estimate of drug-likeness (QED) is 0.781. The minimum absolute atomic E-state index is 0.304. The molecule has 0 radical (unpaired) electrons. The maximum Gasteiger partial charge on any atom is 0.180 e. The molecule has 0 aliphatic carbocycles. The van der Waals surface area contributed by atoms with E-state index in [0.717, 1.165) is 11.1 Å². The van der Waals surface area contributed by atoms with E-state index in [1.165, 1.54) is 0 Å². The van der Waals surface area contributed by atoms with Gasteiger partial charge < -0.3 is 15.2 Å². The van der Waals surface area contributed by atoms with E-state index >= 15 is 0 Å². The Kier molecular flexibility index (Phi) is 6.21. The van der Waals surface area contributed by atoms with Crippen molar-refractivity contribution in [3.05, 3.63) is 56.5 Å². The highest BCUT2D eigenvalue weighted by Gasteiger charge is 2.13. The molecule has 0 amide bonds. The maximum atomic E-state index is 6.26. The van der Waals surface area contributed by atoms with Gasteiger partial charge in [0.05, 0.1) is 21.7 Å². The third-order valence-corrected chi connectivity index (χ3v) is 3.99. The van der Waals surface area contributed by atoms with Crippen molar-refractivity contribution in [1.29, 1.82) is 0 Å². The van der Waals surface area contributed by atoms with Gasteiger partial charge in [-0.1, -0.05) is 40.9 Å². The number of hydrogen-bond donors (Lipinski definition) is 1. The molecule has 2 N–H and O–H groups in total. The van der Waals surface area contributed by atoms with E-state index < -0.39 is 0 Å². The van der Waals surface area contributed by atoms with Gasteiger partial charge in [-0.25, -0.2) is 0 Å². The third-order valence-electron chi connectivity index (χ3n) is 2.97. The molecule has 0 unspecified atom stereocenters. The second-order valence-electron chi connectivity index (χ2n) is 4.58. The van der Waals surface area contributed by atoms with E-state index in [1.54, 1.807) is 18.2 Å². The van der Waals surface area contributed by atoms with Crippen LogP contribution in [0.4, 0.5) is 0 Å². The van der Waals surface area contributed by atoms with Gasteiger partial charge in [-0.05, 0) is 42.3 Å². The summed E-state index contributed by atoms with van der Waals surface area (Å²) < 4.78 is 11.4. The van der Waals surface area contributed by atoms with Crippen LogP contribution in [0.25, 0.3) is 0 Å². The Morgan fingerprint density at radius 2 is 1.64 bits per heavy atom. The van der Waals surface area contributed by atoms with Crippen molar-refractivity contribution < 1.29 is 9.47 Å². The minimum Gasteiger partial charge on any atom is -0.490 e. The van der Waals surface area contributed by atoms with Gasteiger partial charge in [0, 0.05) is 6.54 Å². The first-order chi connectivity index (χ1) is 10.5. The van der Waals surface area contributed by atoms with Gasteiger partial charge in [0.1, 0.15) is 6.61 Å². The smallest absolute Gasteiger partial charge is 0.180 e. The van der Waals surface area contributed by atoms with Crippen LogP contribution in [0.3, 0.4) is 0 Å². The summed E-state index contributed by atoms with van der Waals surface area (Å²) in [5, 5.41) is 1.45. The maximum absolute atomic E-state index is 6.26. The zero-order chi connectivity index (χ0) is 16.1. The number of hydrogen-bond acceptors (Lipinski definition) is 3. The summed E-state index contributed by atoms with van der Waals surface area (Å²) in [6.45, 7) is 3.09. The van der Waals surface area contributed by atoms with E-state index in [9.17, 15) is 0 Å². The van der Waals surface area contributed by atoms with Crippen LogP contribution < -0.4 is 15.2 Å². The predicted molar refractivity (Wildman–Crippen MR) is 91.3 cm³/mol. The summed E-state index contributed by atoms with van der Waals surface area (Å²) in [6, 6.07) is 8.93. The molecule has 0 aliphatic heterocycles. The van der Waals surface area contributed by atoms with Crippen molar-refractivity contribution >= 4 is 34.8 Å². The molecule has 0 saturated heterocycles. The topological polar surface area (TPSA) is 44.5 Å². The molecule has 118 valence electrons. The molecule has 6 heteroatoms. The van der Waals surface area contributed by atoms with E-state index in [4.69, 9.17) is 50.0 Å². The fourth-order valence-corrected chi connectivity index (χ4v) is 2.54. The molecule has 22 heavy (non-hydrogen) atoms. The van der Waals surface area contributed by atoms with E-state index in [2.05, 4.69) is 0 Å². The van der Waals surface area contributed by atoms with Crippen molar-refractivity contribution in [2.45, 2.75) is 20.1 Å². The van der Waals surface area contributed by atoms with Crippen LogP contribution in [-0.4, -0.2) is 6.61 Å². The first-order valence-corrected chi connectivity index (χ1v) is 7.90. The van der Waals surface area contributed by atoms with Gasteiger partial charge in [0.15, 0.2) is 11.5 Å². The Bertz CT molecular complexity index is 662. The predicted octanol–water partition coefficient (Wildman–Crippen LogP) is 5.08. The van der Waals surface area contributed by atoms with Crippen molar-refractivity contribution in [3.8, 4) is 11.5 Å². The number of ether oxygens (including phenoxy) is 2. The highest BCUT2D eigenvalue weighted by molar-refractivity contribution is 6.42. The highest BCUT2D eigenvalue weighted by Crippen LogP contribution is 2.37. The molecule has 0 bridgehead atoms. The standard InChI is InChI=1S/C16H16Cl3NO2/c1-2-21-15-7-11(8-20)6-14(19)16(15)22-9-10-3-4-12(17)13(18)5-10/h3-7H,2,8-9,20H2,1H3. The SMILES string of the molecule is CCOc1cc(CN)cc(Cl)c1OCc1ccc(Cl)c(Cl)c1. The first kappa shape index (κ1) is 17.2. The Morgan fingerprint density at radius 1 is 0.909 bits per heavy atom. The molecule has 2 aromatic carbocycles. The highest BCUT2D eigenvalue weighted by atomic mass is 35.5. The molecule has 2 rings (SSSR count). The second-order valence-corrected chi connectivity index (χ2v) is 5.80. The van der Waals surface area contributed by atoms with Crippen LogP contribution in [0.2, 0.25) is 15.1 Å². The van der Waals surface area contributed by atoms with Crippen molar-refractivity contribution in [1.82, 2.24) is 0 Å². The molecular weight excluding hydrogens is 345 g/mol. The molecule has 3 nitrogen and oxygen atoms in total. The van der Waals surface area contributed by atoms with Crippen LogP contribution in [0.1, 0.15) is 18.1 Å². The van der Waals surface area contributed by atoms with Crippen LogP contribution in [0, 0.1) is 0 Å². The monoisotopic (exact) mass is 359 g/mol. The van der Waals surface area contributed by atoms with Gasteiger partial charge in [0.2, 0.25) is 0 Å². The molecule has 0 aliphatic rings. The van der Waals surface area contributed by atoms with Crippen LogP contribution in [0.5, 0.6) is 11.5 Å². The van der Waals surface area contributed by atoms with Gasteiger partial charge in [-0.2, -0.15) is 0 Å². The van der Waals surface area contributed by atoms with Crippen LogP contribution in [-0.2, 0) is 13.2 Å². The number of halogens is 3. The van der Waals surface area contributed by atoms with Crippen LogP contribution >= 0.6 is 34.8 Å². The molecular formula is C16H16Cl3NO2. The third kappa shape index (κ3) is 4.20. The van der Waals surface area contributed by atoms with Gasteiger partial charge >= 0.3 is 0 Å². The molecule has 0 aromatic heterocycles. The molecule has 0 spiro atoms. The average Bonchev–Trinajstić information content (AvgIpc) is 2.50. The first-order valence-electron chi connectivity index (χ1n) is 6.77. The summed E-state index contributed by atoms with van der Waals surface area (Å²) in [6.07, 6.45) is 0. The molecule has 0 fully saturated rings. The number of rotatable bonds is 6. The summed E-state index contributed by atoms with van der Waals surface area (Å²) in [7, 11) is 0. The lowest BCUT2D eigenvalue weighted by Gasteiger charge is -2.15. The molecule has 2 aromatic rings. The zero-order valence-corrected chi connectivity index (χ0v) is 14.3. The molecule has 0 heterocycles. The number of benzene rings is 2. The average molecular weight is 361 g/mol. The second kappa shape index (κ2) is 7.93.